The predicted molar refractivity (Wildman–Crippen MR) is 152 cm³/mol. The number of nitrogens with one attached hydrogen (secondary N) is 1. The van der Waals surface area contributed by atoms with E-state index in [4.69, 9.17) is 22.1 Å². The Kier molecular flexibility index (Phi) is 7.10. The summed E-state index contributed by atoms with van der Waals surface area (Å²) in [5.74, 6) is -0.323. The van der Waals surface area contributed by atoms with E-state index in [1.54, 1.807) is 18.2 Å². The molecule has 2 aromatic carbocycles. The number of rotatable bonds is 5. The van der Waals surface area contributed by atoms with Crippen LogP contribution in [-0.2, 0) is 11.3 Å². The summed E-state index contributed by atoms with van der Waals surface area (Å²) in [5.41, 5.74) is 10.2. The molecule has 2 aliphatic rings. The first-order valence-corrected chi connectivity index (χ1v) is 13.9. The molecule has 0 saturated carbocycles. The number of aromatic amines is 1. The van der Waals surface area contributed by atoms with Crippen LogP contribution in [0.4, 0.5) is 10.2 Å². The molecule has 0 aliphatic carbocycles. The van der Waals surface area contributed by atoms with Gasteiger partial charge in [-0.15, -0.1) is 0 Å². The highest BCUT2D eigenvalue weighted by Crippen LogP contribution is 2.36. The highest BCUT2D eigenvalue weighted by molar-refractivity contribution is 6.35. The van der Waals surface area contributed by atoms with Crippen molar-refractivity contribution in [3.05, 3.63) is 75.0 Å². The first kappa shape index (κ1) is 25.9. The number of nitrogens with two attached hydrogens (primary N) is 1. The van der Waals surface area contributed by atoms with E-state index in [1.165, 1.54) is 30.2 Å². The van der Waals surface area contributed by atoms with E-state index in [0.717, 1.165) is 39.1 Å². The molecule has 0 bridgehead atoms. The van der Waals surface area contributed by atoms with Gasteiger partial charge in [0.15, 0.2) is 5.82 Å². The molecule has 6 rings (SSSR count). The minimum Gasteiger partial charge on any atom is -0.382 e. The van der Waals surface area contributed by atoms with Crippen LogP contribution in [0.2, 0.25) is 5.02 Å². The Balaban J connectivity index is 1.43. The summed E-state index contributed by atoms with van der Waals surface area (Å²) in [5, 5.41) is 1.40. The summed E-state index contributed by atoms with van der Waals surface area (Å²) in [6, 6.07) is 11.8. The van der Waals surface area contributed by atoms with E-state index in [2.05, 4.69) is 38.9 Å². The van der Waals surface area contributed by atoms with Gasteiger partial charge in [-0.05, 0) is 74.4 Å². The second-order valence-electron chi connectivity index (χ2n) is 10.6. The number of pyridine rings is 1. The molecule has 2 fully saturated rings. The van der Waals surface area contributed by atoms with Crippen molar-refractivity contribution in [2.75, 3.05) is 25.5 Å². The zero-order valence-electron chi connectivity index (χ0n) is 21.8. The molecule has 7 nitrogen and oxygen atoms in total. The average molecular weight is 548 g/mol. The Morgan fingerprint density at radius 1 is 1.08 bits per heavy atom. The second-order valence-corrected chi connectivity index (χ2v) is 11.0. The van der Waals surface area contributed by atoms with Gasteiger partial charge in [-0.2, -0.15) is 9.37 Å². The predicted octanol–water partition coefficient (Wildman–Crippen LogP) is 5.91. The van der Waals surface area contributed by atoms with E-state index in [-0.39, 0.29) is 17.1 Å². The van der Waals surface area contributed by atoms with Crippen LogP contribution in [-0.4, -0.2) is 45.7 Å². The molecule has 2 aromatic heterocycles. The first-order chi connectivity index (χ1) is 18.9. The number of halogens is 2. The highest BCUT2D eigenvalue weighted by atomic mass is 35.5. The molecule has 202 valence electrons. The fourth-order valence-electron chi connectivity index (χ4n) is 5.94. The molecular formula is C30H31ClFN5O2. The van der Waals surface area contributed by atoms with Crippen molar-refractivity contribution < 1.29 is 9.13 Å². The number of hydrogen-bond donors (Lipinski definition) is 2. The molecule has 39 heavy (non-hydrogen) atoms. The Morgan fingerprint density at radius 2 is 1.85 bits per heavy atom. The lowest BCUT2D eigenvalue weighted by Gasteiger charge is -2.28. The average Bonchev–Trinajstić information content (AvgIpc) is 3.35. The second kappa shape index (κ2) is 10.7. The van der Waals surface area contributed by atoms with E-state index < -0.39 is 5.95 Å². The third kappa shape index (κ3) is 5.04. The minimum atomic E-state index is -0.717. The first-order valence-electron chi connectivity index (χ1n) is 13.5. The van der Waals surface area contributed by atoms with Crippen molar-refractivity contribution in [3.63, 3.8) is 0 Å². The Morgan fingerprint density at radius 3 is 2.62 bits per heavy atom. The zero-order valence-corrected chi connectivity index (χ0v) is 22.6. The number of ether oxygens (including phenoxy) is 1. The van der Waals surface area contributed by atoms with Crippen LogP contribution >= 0.6 is 11.6 Å². The van der Waals surface area contributed by atoms with Gasteiger partial charge in [0.1, 0.15) is 11.4 Å². The summed E-state index contributed by atoms with van der Waals surface area (Å²) in [7, 11) is 0. The van der Waals surface area contributed by atoms with Gasteiger partial charge in [0.25, 0.3) is 5.56 Å². The maximum absolute atomic E-state index is 15.3. The number of likely N-dealkylation sites (tertiary alicyclic amines) is 1. The topological polar surface area (TPSA) is 97.1 Å². The van der Waals surface area contributed by atoms with Gasteiger partial charge >= 0.3 is 0 Å². The van der Waals surface area contributed by atoms with Crippen LogP contribution in [0, 0.1) is 5.95 Å². The largest absolute Gasteiger partial charge is 0.382 e. The van der Waals surface area contributed by atoms with Crippen LogP contribution in [0.3, 0.4) is 0 Å². The van der Waals surface area contributed by atoms with Gasteiger partial charge in [0.05, 0.1) is 5.02 Å². The van der Waals surface area contributed by atoms with E-state index in [0.29, 0.717) is 44.6 Å². The monoisotopic (exact) mass is 547 g/mol. The Labute approximate surface area is 231 Å². The van der Waals surface area contributed by atoms with Gasteiger partial charge < -0.3 is 15.5 Å². The summed E-state index contributed by atoms with van der Waals surface area (Å²) < 4.78 is 20.9. The van der Waals surface area contributed by atoms with Gasteiger partial charge in [0.2, 0.25) is 5.95 Å². The summed E-state index contributed by atoms with van der Waals surface area (Å²) >= 11 is 6.35. The fraction of sp³-hybridized carbons (Fsp3) is 0.367. The molecule has 0 spiro atoms. The lowest BCUT2D eigenvalue weighted by Crippen LogP contribution is -2.27. The third-order valence-corrected chi connectivity index (χ3v) is 8.46. The molecule has 0 radical (unpaired) electrons. The molecule has 1 atom stereocenters. The third-order valence-electron chi connectivity index (χ3n) is 8.15. The molecule has 3 N–H and O–H groups in total. The summed E-state index contributed by atoms with van der Waals surface area (Å²) in [4.78, 5) is 26.0. The smallest absolute Gasteiger partial charge is 0.255 e. The minimum absolute atomic E-state index is 0.0264. The van der Waals surface area contributed by atoms with E-state index in [9.17, 15) is 4.79 Å². The Bertz CT molecular complexity index is 1600. The number of benzene rings is 2. The van der Waals surface area contributed by atoms with Crippen LogP contribution in [0.25, 0.3) is 33.3 Å². The molecule has 9 heteroatoms. The van der Waals surface area contributed by atoms with Crippen LogP contribution in [0.15, 0.2) is 47.4 Å². The molecular weight excluding hydrogens is 517 g/mol. The van der Waals surface area contributed by atoms with Crippen molar-refractivity contribution in [2.24, 2.45) is 0 Å². The van der Waals surface area contributed by atoms with Crippen molar-refractivity contribution in [1.29, 1.82) is 0 Å². The fourth-order valence-corrected chi connectivity index (χ4v) is 6.15. The number of H-pyrrole nitrogens is 1. The molecule has 1 unspecified atom stereocenters. The van der Waals surface area contributed by atoms with Crippen molar-refractivity contribution in [3.8, 4) is 22.5 Å². The lowest BCUT2D eigenvalue weighted by molar-refractivity contribution is 0.0849. The molecule has 2 saturated heterocycles. The van der Waals surface area contributed by atoms with Crippen LogP contribution in [0.5, 0.6) is 0 Å². The van der Waals surface area contributed by atoms with Crippen molar-refractivity contribution >= 4 is 28.2 Å². The number of nitrogens with zero attached hydrogens (tertiary/aromatic N) is 3. The number of aromatic nitrogens is 3. The van der Waals surface area contributed by atoms with Crippen molar-refractivity contribution in [1.82, 2.24) is 19.9 Å². The van der Waals surface area contributed by atoms with Crippen LogP contribution < -0.4 is 11.3 Å². The van der Waals surface area contributed by atoms with Gasteiger partial charge in [-0.1, -0.05) is 29.8 Å². The zero-order chi connectivity index (χ0) is 27.1. The number of anilines is 1. The van der Waals surface area contributed by atoms with Gasteiger partial charge in [-0.25, -0.2) is 4.98 Å². The van der Waals surface area contributed by atoms with Crippen LogP contribution in [0.1, 0.15) is 49.7 Å². The normalized spacial score (nSPS) is 18.7. The van der Waals surface area contributed by atoms with Gasteiger partial charge in [0, 0.05) is 53.9 Å². The molecule has 4 aromatic rings. The maximum Gasteiger partial charge on any atom is 0.255 e. The number of nitrogen functional groups attached to an aromatic ring is 1. The summed E-state index contributed by atoms with van der Waals surface area (Å²) in [6.45, 7) is 5.67. The number of hydrogen-bond acceptors (Lipinski definition) is 6. The standard InChI is InChI=1S/C30H31ClFN5O2/c1-17-3-2-10-37(17)16-21-13-19(4-6-22(21)18-8-11-39-12-9-18)26-28(32)36-29(33)27(35-26)20-5-7-23-24(14-20)25(31)15-34-30(23)38/h4-7,13-15,17-18H,2-3,8-12,16H2,1H3,(H2,33,36)(H,34,38). The quantitative estimate of drug-likeness (QED) is 0.322. The van der Waals surface area contributed by atoms with E-state index in [1.807, 2.05) is 6.07 Å². The summed E-state index contributed by atoms with van der Waals surface area (Å²) in [6.07, 6.45) is 5.79. The SMILES string of the molecule is CC1CCCN1Cc1cc(-c2nc(-c3ccc4c(=O)[nH]cc(Cl)c4c3)c(N)nc2F)ccc1C1CCOCC1. The molecule has 4 heterocycles. The highest BCUT2D eigenvalue weighted by Gasteiger charge is 2.25. The maximum atomic E-state index is 15.3. The molecule has 2 aliphatic heterocycles. The lowest BCUT2D eigenvalue weighted by atomic mass is 9.87. The van der Waals surface area contributed by atoms with E-state index >= 15 is 4.39 Å². The van der Waals surface area contributed by atoms with Gasteiger partial charge in [-0.3, -0.25) is 9.69 Å². The Hall–Kier alpha value is -3.33. The molecule has 0 amide bonds. The number of fused-ring (bicyclic) bond motifs is 1. The van der Waals surface area contributed by atoms with Crippen molar-refractivity contribution in [2.45, 2.75) is 51.1 Å².